The minimum absolute atomic E-state index is 0. The highest BCUT2D eigenvalue weighted by molar-refractivity contribution is 5.82. The van der Waals surface area contributed by atoms with Crippen molar-refractivity contribution in [2.24, 2.45) is 5.11 Å². The Balaban J connectivity index is -0.00000000245. The van der Waals surface area contributed by atoms with E-state index in [0.717, 1.165) is 11.1 Å². The molecule has 218 valence electrons. The minimum Gasteiger partial charge on any atom is -1.00 e. The smallest absolute Gasteiger partial charge is 0.231 e. The van der Waals surface area contributed by atoms with Crippen LogP contribution >= 0.6 is 0 Å². The van der Waals surface area contributed by atoms with Crippen molar-refractivity contribution in [1.82, 2.24) is 5.32 Å². The lowest BCUT2D eigenvalue weighted by Crippen LogP contribution is -2.35. The monoisotopic (exact) mass is 411 g/mol. The second-order valence-electron chi connectivity index (χ2n) is 4.92. The Labute approximate surface area is 209 Å². The van der Waals surface area contributed by atoms with E-state index in [9.17, 15) is 4.79 Å². The van der Waals surface area contributed by atoms with Gasteiger partial charge in [0.15, 0.2) is 0 Å². The maximum absolute atomic E-state index is 12.1. The summed E-state index contributed by atoms with van der Waals surface area (Å²) in [6.45, 7) is 0.791. The van der Waals surface area contributed by atoms with E-state index in [4.69, 9.17) is 10.3 Å². The molecule has 0 aromatic heterocycles. The standard InChI is InChI=1S/C17H18N4O2.50H/c18-21-20-16(13-23-12-15-9-5-2-6-10-15)17(22)19-11-14-7-3-1-4-8-14;;;;;;;;;;;;;;;;;;;;;;;;;;;;;;;;;;;;;;;;;;;;;;;;;;/h1-10,16H,11-13H2,(H,19,22);;;;;;;;;;;;;;;;;;;;;;;;;;;;;;;;;;;;;;;;;;;;;;;;;;/q;50*-1/i;50*1+1. The predicted molar refractivity (Wildman–Crippen MR) is 143 cm³/mol. The molecule has 23 heavy (non-hydrogen) atoms. The zero-order valence-electron chi connectivity index (χ0n) is 62.6. The Bertz CT molecular complexity index is 720. The normalized spacial score (nSPS) is 11.3. The van der Waals surface area contributed by atoms with E-state index in [0.29, 0.717) is 13.2 Å². The highest BCUT2D eigenvalue weighted by atomic mass is 16.5. The molecule has 0 aliphatic heterocycles. The van der Waals surface area contributed by atoms with Crippen LogP contribution in [0.4, 0.5) is 0 Å². The summed E-state index contributed by atoms with van der Waals surface area (Å²) < 4.78 is 5.48. The Morgan fingerprint density at radius 2 is 1.74 bits per heavy atom. The van der Waals surface area contributed by atoms with Gasteiger partial charge in [-0.3, -0.25) is 4.79 Å². The summed E-state index contributed by atoms with van der Waals surface area (Å²) in [6, 6.07) is 18.2. The van der Waals surface area contributed by atoms with Crippen LogP contribution in [0.15, 0.2) is 65.8 Å². The first-order valence-corrected chi connectivity index (χ1v) is 7.27. The number of carbonyl (C=O) groups is 1. The van der Waals surface area contributed by atoms with Crippen molar-refractivity contribution in [3.05, 3.63) is 82.2 Å². The van der Waals surface area contributed by atoms with E-state index in [-0.39, 0.29) is 83.8 Å². The van der Waals surface area contributed by atoms with Gasteiger partial charge in [0.2, 0.25) is 5.91 Å². The predicted octanol–water partition coefficient (Wildman–Crippen LogP) is 8.82. The van der Waals surface area contributed by atoms with Crippen LogP contribution in [0.1, 0.15) is 82.5 Å². The highest BCUT2D eigenvalue weighted by Gasteiger charge is 2.16. The summed E-state index contributed by atoms with van der Waals surface area (Å²) >= 11 is 0. The average Bonchev–Trinajstić information content (AvgIpc) is 2.61. The molecule has 2 aromatic carbocycles. The van der Waals surface area contributed by atoms with E-state index in [2.05, 4.69) is 15.3 Å². The Hall–Kier alpha value is -2.82. The molecule has 1 atom stereocenters. The fourth-order valence-corrected chi connectivity index (χ4v) is 1.99. The molecular weight excluding hydrogens is 292 g/mol. The minimum atomic E-state index is -0.882. The van der Waals surface area contributed by atoms with Crippen LogP contribution in [0.3, 0.4) is 0 Å². The van der Waals surface area contributed by atoms with E-state index in [1.807, 2.05) is 60.7 Å². The van der Waals surface area contributed by atoms with E-state index in [1.165, 1.54) is 0 Å². The third kappa shape index (κ3) is 5.82. The lowest BCUT2D eigenvalue weighted by atomic mass is 10.2. The van der Waals surface area contributed by atoms with Gasteiger partial charge in [-0.2, -0.15) is 0 Å². The molecule has 0 radical (unpaired) electrons. The number of ether oxygens (including phenoxy) is 1. The molecule has 0 aliphatic carbocycles. The second kappa shape index (κ2) is 9.25. The van der Waals surface area contributed by atoms with Crippen LogP contribution in [-0.4, -0.2) is 18.6 Å². The van der Waals surface area contributed by atoms with E-state index < -0.39 is 6.04 Å². The third-order valence-electron chi connectivity index (χ3n) is 3.19. The summed E-state index contributed by atoms with van der Waals surface area (Å²) in [5.74, 6) is -0.347. The number of carbonyl (C=O) groups excluding carboxylic acids is 1. The van der Waals surface area contributed by atoms with Crippen LogP contribution in [0, 0.1) is 0 Å². The van der Waals surface area contributed by atoms with Gasteiger partial charge in [-0.1, -0.05) is 65.8 Å². The quantitative estimate of drug-likeness (QED) is 0.267. The molecule has 1 N–H and O–H groups in total. The second-order valence-corrected chi connectivity index (χ2v) is 4.92. The molecule has 2 aromatic rings. The molecular formula is C17H68N4O2-50. The van der Waals surface area contributed by atoms with Gasteiger partial charge in [-0.15, -0.1) is 0 Å². The van der Waals surface area contributed by atoms with Crippen molar-refractivity contribution >= 4 is 5.91 Å². The van der Waals surface area contributed by atoms with Gasteiger partial charge in [0, 0.05) is 11.5 Å². The Morgan fingerprint density at radius 3 is 2.35 bits per heavy atom. The first-order valence-electron chi connectivity index (χ1n) is 7.27. The lowest BCUT2D eigenvalue weighted by molar-refractivity contribution is -0.123. The summed E-state index contributed by atoms with van der Waals surface area (Å²) in [6.07, 6.45) is 0. The van der Waals surface area contributed by atoms with Crippen LogP contribution < -0.4 is 5.32 Å². The number of hydrogen-bond donors (Lipinski definition) is 1. The fraction of sp³-hybridized carbons (Fsp3) is 0.235. The number of hydrogen-bond acceptors (Lipinski definition) is 3. The van der Waals surface area contributed by atoms with Gasteiger partial charge in [-0.25, -0.2) is 0 Å². The summed E-state index contributed by atoms with van der Waals surface area (Å²) in [5, 5.41) is 6.26. The van der Waals surface area contributed by atoms with Crippen molar-refractivity contribution in [2.75, 3.05) is 6.61 Å². The number of azide groups is 1. The maximum Gasteiger partial charge on any atom is 0.231 e. The van der Waals surface area contributed by atoms with Gasteiger partial charge >= 0.3 is 0 Å². The van der Waals surface area contributed by atoms with Crippen LogP contribution in [-0.2, 0) is 22.7 Å². The van der Waals surface area contributed by atoms with Gasteiger partial charge < -0.3 is 81.4 Å². The number of nitrogens with zero attached hydrogens (tertiary/aromatic N) is 3. The molecule has 2 rings (SSSR count). The zero-order chi connectivity index (χ0) is 16.3. The SMILES string of the molecule is [2H-].[2H-].[2H-].[2H-].[2H-].[2H-].[2H-].[2H-].[2H-].[2H-].[2H-].[2H-].[2H-].[2H-].[2H-].[2H-].[2H-].[2H-].[2H-].[2H-].[2H-].[2H-].[2H-].[2H-].[2H-].[2H-].[2H-].[2H-].[2H-].[2H-].[2H-].[2H-].[2H-].[2H-].[2H-].[2H-].[2H-].[2H-].[2H-].[2H-].[2H-].[2H-].[2H-].[2H-].[2H-].[2H-].[2H-].[2H-].[2H-].[2H-].[N-]=[N+]=NC(COCc1ccccc1)C(=O)NCc1ccccc1. The van der Waals surface area contributed by atoms with E-state index in [1.54, 1.807) is 0 Å². The number of benzene rings is 2. The lowest BCUT2D eigenvalue weighted by Gasteiger charge is -2.12. The van der Waals surface area contributed by atoms with Gasteiger partial charge in [-0.05, 0) is 16.7 Å². The summed E-state index contributed by atoms with van der Waals surface area (Å²) in [4.78, 5) is 14.8. The van der Waals surface area contributed by atoms with Crippen LogP contribution in [0.5, 0.6) is 0 Å². The molecule has 0 bridgehead atoms. The van der Waals surface area contributed by atoms with Crippen molar-refractivity contribution in [3.8, 4) is 0 Å². The number of rotatable bonds is 8. The zero-order valence-corrected chi connectivity index (χ0v) is 12.6. The third-order valence-corrected chi connectivity index (χ3v) is 3.19. The van der Waals surface area contributed by atoms with E-state index >= 15 is 0 Å². The molecule has 0 spiro atoms. The number of amides is 1. The average molecular weight is 411 g/mol. The summed E-state index contributed by atoms with van der Waals surface area (Å²) in [5.41, 5.74) is 10.6. The molecule has 1 amide bonds. The topological polar surface area (TPSA) is 87.1 Å². The summed E-state index contributed by atoms with van der Waals surface area (Å²) in [7, 11) is 0. The van der Waals surface area contributed by atoms with Crippen molar-refractivity contribution < 1.29 is 80.9 Å². The van der Waals surface area contributed by atoms with Gasteiger partial charge in [0.05, 0.1) is 13.2 Å². The first-order chi connectivity index (χ1) is 11.3. The molecule has 0 saturated carbocycles. The molecule has 0 saturated heterocycles. The van der Waals surface area contributed by atoms with Crippen molar-refractivity contribution in [3.63, 3.8) is 0 Å². The molecule has 0 fully saturated rings. The highest BCUT2D eigenvalue weighted by Crippen LogP contribution is 2.03. The van der Waals surface area contributed by atoms with Crippen LogP contribution in [0.2, 0.25) is 0 Å². The largest absolute Gasteiger partial charge is 1.00 e. The van der Waals surface area contributed by atoms with Crippen LogP contribution in [0.25, 0.3) is 10.4 Å². The fourth-order valence-electron chi connectivity index (χ4n) is 1.99. The number of nitrogens with one attached hydrogen (secondary N) is 1. The molecule has 1 unspecified atom stereocenters. The molecule has 6 nitrogen and oxygen atoms in total. The van der Waals surface area contributed by atoms with Crippen molar-refractivity contribution in [1.29, 1.82) is 0 Å². The Morgan fingerprint density at radius 1 is 1.13 bits per heavy atom. The molecule has 0 heterocycles. The Kier molecular flexibility index (Phi) is 6.65. The maximum atomic E-state index is 12.1. The molecule has 0 aliphatic rings. The van der Waals surface area contributed by atoms with Gasteiger partial charge in [0.1, 0.15) is 6.04 Å². The van der Waals surface area contributed by atoms with Gasteiger partial charge in [0.25, 0.3) is 0 Å². The molecule has 6 heteroatoms. The van der Waals surface area contributed by atoms with Crippen molar-refractivity contribution in [2.45, 2.75) is 19.2 Å². The first kappa shape index (κ1) is 16.5.